The van der Waals surface area contributed by atoms with Crippen molar-refractivity contribution in [3.8, 4) is 11.5 Å². The molecule has 0 unspecified atom stereocenters. The maximum absolute atomic E-state index is 12.6. The summed E-state index contributed by atoms with van der Waals surface area (Å²) in [6, 6.07) is 9.76. The Morgan fingerprint density at radius 3 is 2.50 bits per heavy atom. The molecular weight excluding hydrogens is 360 g/mol. The van der Waals surface area contributed by atoms with E-state index in [0.29, 0.717) is 29.6 Å². The van der Waals surface area contributed by atoms with Crippen molar-refractivity contribution in [2.75, 3.05) is 13.7 Å². The van der Waals surface area contributed by atoms with Gasteiger partial charge in [-0.05, 0) is 43.5 Å². The van der Waals surface area contributed by atoms with E-state index in [1.807, 2.05) is 13.0 Å². The van der Waals surface area contributed by atoms with Crippen molar-refractivity contribution in [2.24, 2.45) is 5.92 Å². The molecule has 0 aliphatic rings. The van der Waals surface area contributed by atoms with E-state index in [1.54, 1.807) is 38.3 Å². The molecule has 0 aromatic heterocycles. The van der Waals surface area contributed by atoms with Crippen LogP contribution in [0.5, 0.6) is 11.5 Å². The van der Waals surface area contributed by atoms with Gasteiger partial charge < -0.3 is 14.8 Å². The first-order valence-corrected chi connectivity index (χ1v) is 9.10. The average molecular weight is 386 g/mol. The van der Waals surface area contributed by atoms with Gasteiger partial charge in [0.2, 0.25) is 0 Å². The molecule has 150 valence electrons. The fraction of sp³-hybridized carbons (Fsp3) is 0.381. The lowest BCUT2D eigenvalue weighted by atomic mass is 10.0. The Morgan fingerprint density at radius 2 is 1.89 bits per heavy atom. The summed E-state index contributed by atoms with van der Waals surface area (Å²) in [6.45, 7) is 8.10. The van der Waals surface area contributed by atoms with Gasteiger partial charge in [0, 0.05) is 5.56 Å². The average Bonchev–Trinajstić information content (AvgIpc) is 2.65. The SMILES string of the molecule is COc1cc([C@H](C)NC(=O)c2cccc(C)c2[N+](=O)[O-])ccc1OCC(C)C. The predicted molar refractivity (Wildman–Crippen MR) is 107 cm³/mol. The van der Waals surface area contributed by atoms with Gasteiger partial charge in [0.25, 0.3) is 11.6 Å². The minimum atomic E-state index is -0.529. The summed E-state index contributed by atoms with van der Waals surface area (Å²) in [4.78, 5) is 23.4. The van der Waals surface area contributed by atoms with Crippen LogP contribution in [0.15, 0.2) is 36.4 Å². The van der Waals surface area contributed by atoms with Gasteiger partial charge in [-0.15, -0.1) is 0 Å². The zero-order chi connectivity index (χ0) is 20.8. The third kappa shape index (κ3) is 5.00. The van der Waals surface area contributed by atoms with Crippen molar-refractivity contribution < 1.29 is 19.2 Å². The minimum Gasteiger partial charge on any atom is -0.493 e. The van der Waals surface area contributed by atoms with Crippen molar-refractivity contribution in [3.63, 3.8) is 0 Å². The first kappa shape index (κ1) is 21.2. The normalized spacial score (nSPS) is 11.8. The van der Waals surface area contributed by atoms with Crippen molar-refractivity contribution in [2.45, 2.75) is 33.7 Å². The monoisotopic (exact) mass is 386 g/mol. The lowest BCUT2D eigenvalue weighted by molar-refractivity contribution is -0.385. The van der Waals surface area contributed by atoms with Crippen molar-refractivity contribution in [1.82, 2.24) is 5.32 Å². The fourth-order valence-electron chi connectivity index (χ4n) is 2.77. The first-order chi connectivity index (χ1) is 13.2. The number of hydrogen-bond acceptors (Lipinski definition) is 5. The summed E-state index contributed by atoms with van der Waals surface area (Å²) in [5, 5.41) is 14.1. The number of methoxy groups -OCH3 is 1. The third-order valence-corrected chi connectivity index (χ3v) is 4.27. The zero-order valence-corrected chi connectivity index (χ0v) is 16.8. The van der Waals surface area contributed by atoms with E-state index in [0.717, 1.165) is 5.56 Å². The van der Waals surface area contributed by atoms with Crippen LogP contribution in [0.2, 0.25) is 0 Å². The second kappa shape index (κ2) is 9.21. The van der Waals surface area contributed by atoms with Crippen molar-refractivity contribution in [3.05, 3.63) is 63.2 Å². The molecule has 2 aromatic carbocycles. The topological polar surface area (TPSA) is 90.7 Å². The number of amides is 1. The van der Waals surface area contributed by atoms with Crippen LogP contribution in [0.1, 0.15) is 48.3 Å². The van der Waals surface area contributed by atoms with Gasteiger partial charge in [0.05, 0.1) is 24.7 Å². The summed E-state index contributed by atoms with van der Waals surface area (Å²) >= 11 is 0. The van der Waals surface area contributed by atoms with E-state index in [4.69, 9.17) is 9.47 Å². The largest absolute Gasteiger partial charge is 0.493 e. The van der Waals surface area contributed by atoms with Crippen LogP contribution in [0.4, 0.5) is 5.69 Å². The smallest absolute Gasteiger partial charge is 0.285 e. The minimum absolute atomic E-state index is 0.0423. The molecule has 0 saturated heterocycles. The number of nitro benzene ring substituents is 1. The van der Waals surface area contributed by atoms with Crippen LogP contribution in [-0.2, 0) is 0 Å². The van der Waals surface area contributed by atoms with Crippen LogP contribution in [0.25, 0.3) is 0 Å². The van der Waals surface area contributed by atoms with E-state index in [1.165, 1.54) is 6.07 Å². The molecule has 7 nitrogen and oxygen atoms in total. The Bertz CT molecular complexity index is 864. The zero-order valence-electron chi connectivity index (χ0n) is 16.8. The van der Waals surface area contributed by atoms with Gasteiger partial charge in [-0.1, -0.05) is 32.0 Å². The summed E-state index contributed by atoms with van der Waals surface area (Å²) in [7, 11) is 1.56. The molecule has 0 radical (unpaired) electrons. The molecule has 2 aromatic rings. The molecule has 0 aliphatic heterocycles. The van der Waals surface area contributed by atoms with E-state index < -0.39 is 10.8 Å². The van der Waals surface area contributed by atoms with E-state index in [-0.39, 0.29) is 17.3 Å². The highest BCUT2D eigenvalue weighted by Crippen LogP contribution is 2.31. The number of para-hydroxylation sites is 1. The van der Waals surface area contributed by atoms with Crippen molar-refractivity contribution in [1.29, 1.82) is 0 Å². The quantitative estimate of drug-likeness (QED) is 0.535. The van der Waals surface area contributed by atoms with Gasteiger partial charge in [0.1, 0.15) is 5.56 Å². The molecule has 0 bridgehead atoms. The highest BCUT2D eigenvalue weighted by Gasteiger charge is 2.24. The highest BCUT2D eigenvalue weighted by molar-refractivity contribution is 5.98. The van der Waals surface area contributed by atoms with Gasteiger partial charge in [0.15, 0.2) is 11.5 Å². The van der Waals surface area contributed by atoms with Crippen LogP contribution in [0.3, 0.4) is 0 Å². The molecule has 1 N–H and O–H groups in total. The number of aryl methyl sites for hydroxylation is 1. The maximum atomic E-state index is 12.6. The van der Waals surface area contributed by atoms with Gasteiger partial charge in [-0.3, -0.25) is 14.9 Å². The molecule has 2 rings (SSSR count). The molecular formula is C21H26N2O5. The second-order valence-electron chi connectivity index (χ2n) is 7.04. The predicted octanol–water partition coefficient (Wildman–Crippen LogP) is 4.44. The molecule has 1 amide bonds. The molecule has 0 aliphatic carbocycles. The summed E-state index contributed by atoms with van der Waals surface area (Å²) in [5.74, 6) is 1.09. The first-order valence-electron chi connectivity index (χ1n) is 9.10. The van der Waals surface area contributed by atoms with Gasteiger partial charge in [-0.25, -0.2) is 0 Å². The Morgan fingerprint density at radius 1 is 1.18 bits per heavy atom. The van der Waals surface area contributed by atoms with Crippen LogP contribution < -0.4 is 14.8 Å². The van der Waals surface area contributed by atoms with Crippen LogP contribution in [0, 0.1) is 23.0 Å². The third-order valence-electron chi connectivity index (χ3n) is 4.27. The Kier molecular flexibility index (Phi) is 6.98. The number of nitro groups is 1. The van der Waals surface area contributed by atoms with Gasteiger partial charge >= 0.3 is 0 Å². The van der Waals surface area contributed by atoms with E-state index >= 15 is 0 Å². The highest BCUT2D eigenvalue weighted by atomic mass is 16.6. The number of nitrogens with one attached hydrogen (secondary N) is 1. The number of benzene rings is 2. The fourth-order valence-corrected chi connectivity index (χ4v) is 2.77. The number of rotatable bonds is 8. The number of carbonyl (C=O) groups excluding carboxylic acids is 1. The second-order valence-corrected chi connectivity index (χ2v) is 7.04. The molecule has 1 atom stereocenters. The number of nitrogens with zero attached hydrogens (tertiary/aromatic N) is 1. The van der Waals surface area contributed by atoms with Crippen LogP contribution in [-0.4, -0.2) is 24.5 Å². The van der Waals surface area contributed by atoms with Gasteiger partial charge in [-0.2, -0.15) is 0 Å². The standard InChI is InChI=1S/C21H26N2O5/c1-13(2)12-28-18-10-9-16(11-19(18)27-5)15(4)22-21(24)17-8-6-7-14(3)20(17)23(25)26/h6-11,13,15H,12H2,1-5H3,(H,22,24)/t15-/m0/s1. The molecule has 0 saturated carbocycles. The summed E-state index contributed by atoms with van der Waals surface area (Å²) < 4.78 is 11.1. The lowest BCUT2D eigenvalue weighted by Crippen LogP contribution is -2.27. The Hall–Kier alpha value is -3.09. The molecule has 7 heteroatoms. The molecule has 0 heterocycles. The molecule has 28 heavy (non-hydrogen) atoms. The molecule has 0 fully saturated rings. The number of hydrogen-bond donors (Lipinski definition) is 1. The Labute approximate surface area is 164 Å². The maximum Gasteiger partial charge on any atom is 0.285 e. The van der Waals surface area contributed by atoms with Crippen LogP contribution >= 0.6 is 0 Å². The molecule has 0 spiro atoms. The number of carbonyl (C=O) groups is 1. The van der Waals surface area contributed by atoms with E-state index in [9.17, 15) is 14.9 Å². The summed E-state index contributed by atoms with van der Waals surface area (Å²) in [5.41, 5.74) is 1.11. The van der Waals surface area contributed by atoms with Crippen molar-refractivity contribution >= 4 is 11.6 Å². The summed E-state index contributed by atoms with van der Waals surface area (Å²) in [6.07, 6.45) is 0. The Balaban J connectivity index is 2.21. The lowest BCUT2D eigenvalue weighted by Gasteiger charge is -2.18. The van der Waals surface area contributed by atoms with E-state index in [2.05, 4.69) is 19.2 Å². The number of ether oxygens (including phenoxy) is 2.